The van der Waals surface area contributed by atoms with Crippen molar-refractivity contribution < 1.29 is 4.79 Å². The van der Waals surface area contributed by atoms with Crippen LogP contribution in [0, 0.1) is 0 Å². The zero-order valence-electron chi connectivity index (χ0n) is 12.0. The molecule has 0 saturated carbocycles. The van der Waals surface area contributed by atoms with Gasteiger partial charge in [-0.05, 0) is 19.4 Å². The van der Waals surface area contributed by atoms with Gasteiger partial charge in [-0.15, -0.1) is 0 Å². The highest BCUT2D eigenvalue weighted by molar-refractivity contribution is 7.80. The number of hydrogen-bond acceptors (Lipinski definition) is 4. The number of thiocarbonyl (C=S) groups is 1. The molecule has 0 bridgehead atoms. The maximum atomic E-state index is 11.1. The zero-order valence-corrected chi connectivity index (χ0v) is 12.8. The normalized spacial score (nSPS) is 19.1. The fraction of sp³-hybridized carbons (Fsp3) is 0.846. The maximum absolute atomic E-state index is 11.1. The summed E-state index contributed by atoms with van der Waals surface area (Å²) in [5.41, 5.74) is 5.77. The first-order valence-corrected chi connectivity index (χ1v) is 7.45. The first kappa shape index (κ1) is 16.3. The molecule has 3 N–H and O–H groups in total. The van der Waals surface area contributed by atoms with E-state index in [4.69, 9.17) is 18.0 Å². The lowest BCUT2D eigenvalue weighted by molar-refractivity contribution is -0.120. The Morgan fingerprint density at radius 3 is 2.47 bits per heavy atom. The van der Waals surface area contributed by atoms with Gasteiger partial charge >= 0.3 is 0 Å². The van der Waals surface area contributed by atoms with Crippen LogP contribution in [0.25, 0.3) is 0 Å². The molecule has 0 spiro atoms. The summed E-state index contributed by atoms with van der Waals surface area (Å²) in [5, 5.41) is 2.65. The van der Waals surface area contributed by atoms with Crippen LogP contribution in [0.15, 0.2) is 0 Å². The van der Waals surface area contributed by atoms with Crippen molar-refractivity contribution >= 4 is 23.1 Å². The molecule has 1 saturated heterocycles. The molecule has 1 rings (SSSR count). The predicted molar refractivity (Wildman–Crippen MR) is 82.2 cm³/mol. The Morgan fingerprint density at radius 1 is 1.37 bits per heavy atom. The second-order valence-electron chi connectivity index (χ2n) is 4.98. The molecule has 1 aliphatic heterocycles. The monoisotopic (exact) mass is 286 g/mol. The molecule has 0 aromatic carbocycles. The average molecular weight is 286 g/mol. The minimum atomic E-state index is 0.123. The van der Waals surface area contributed by atoms with Gasteiger partial charge in [0.1, 0.15) is 0 Å². The molecule has 1 amide bonds. The minimum absolute atomic E-state index is 0.123. The Bertz CT molecular complexity index is 303. The SMILES string of the molecule is CCC(C(N)=S)N1CCN(CCCC(=O)NC)CC1. The second kappa shape index (κ2) is 8.45. The molecule has 0 aliphatic carbocycles. The number of carbonyl (C=O) groups excluding carboxylic acids is 1. The van der Waals surface area contributed by atoms with Crippen LogP contribution in [0.5, 0.6) is 0 Å². The van der Waals surface area contributed by atoms with Crippen molar-refractivity contribution in [3.05, 3.63) is 0 Å². The Balaban J connectivity index is 2.25. The van der Waals surface area contributed by atoms with Gasteiger partial charge in [0.15, 0.2) is 0 Å². The van der Waals surface area contributed by atoms with Gasteiger partial charge in [-0.25, -0.2) is 0 Å². The third-order valence-electron chi connectivity index (χ3n) is 3.72. The van der Waals surface area contributed by atoms with Gasteiger partial charge in [-0.3, -0.25) is 9.69 Å². The quantitative estimate of drug-likeness (QED) is 0.655. The van der Waals surface area contributed by atoms with E-state index in [0.29, 0.717) is 11.4 Å². The molecule has 0 radical (unpaired) electrons. The highest BCUT2D eigenvalue weighted by Crippen LogP contribution is 2.10. The lowest BCUT2D eigenvalue weighted by atomic mass is 10.1. The van der Waals surface area contributed by atoms with E-state index in [1.54, 1.807) is 7.05 Å². The van der Waals surface area contributed by atoms with Crippen LogP contribution >= 0.6 is 12.2 Å². The third kappa shape index (κ3) is 5.42. The highest BCUT2D eigenvalue weighted by atomic mass is 32.1. The molecular formula is C13H26N4OS. The Hall–Kier alpha value is -0.720. The lowest BCUT2D eigenvalue weighted by Crippen LogP contribution is -2.53. The largest absolute Gasteiger partial charge is 0.392 e. The third-order valence-corrected chi connectivity index (χ3v) is 3.99. The molecule has 1 atom stereocenters. The summed E-state index contributed by atoms with van der Waals surface area (Å²) in [7, 11) is 1.68. The smallest absolute Gasteiger partial charge is 0.219 e. The first-order chi connectivity index (χ1) is 9.08. The molecule has 1 aliphatic rings. The van der Waals surface area contributed by atoms with Crippen molar-refractivity contribution in [1.82, 2.24) is 15.1 Å². The van der Waals surface area contributed by atoms with Gasteiger partial charge in [0.2, 0.25) is 5.91 Å². The summed E-state index contributed by atoms with van der Waals surface area (Å²) < 4.78 is 0. The van der Waals surface area contributed by atoms with Gasteiger partial charge < -0.3 is 16.0 Å². The number of nitrogens with one attached hydrogen (secondary N) is 1. The Kier molecular flexibility index (Phi) is 7.27. The van der Waals surface area contributed by atoms with E-state index in [1.165, 1.54) is 0 Å². The van der Waals surface area contributed by atoms with Gasteiger partial charge in [0, 0.05) is 39.6 Å². The van der Waals surface area contributed by atoms with Crippen LogP contribution in [-0.2, 0) is 4.79 Å². The number of hydrogen-bond donors (Lipinski definition) is 2. The standard InChI is InChI=1S/C13H26N4OS/c1-3-11(13(14)19)17-9-7-16(8-10-17)6-4-5-12(18)15-2/h11H,3-10H2,1-2H3,(H2,14,19)(H,15,18). The van der Waals surface area contributed by atoms with Crippen LogP contribution in [0.3, 0.4) is 0 Å². The molecule has 1 heterocycles. The Morgan fingerprint density at radius 2 is 2.00 bits per heavy atom. The highest BCUT2D eigenvalue weighted by Gasteiger charge is 2.23. The summed E-state index contributed by atoms with van der Waals surface area (Å²) in [5.74, 6) is 0.123. The molecule has 0 aromatic rings. The maximum Gasteiger partial charge on any atom is 0.219 e. The molecular weight excluding hydrogens is 260 g/mol. The summed E-state index contributed by atoms with van der Waals surface area (Å²) >= 11 is 5.12. The second-order valence-corrected chi connectivity index (χ2v) is 5.45. The molecule has 1 unspecified atom stereocenters. The molecule has 5 nitrogen and oxygen atoms in total. The first-order valence-electron chi connectivity index (χ1n) is 7.04. The van der Waals surface area contributed by atoms with Crippen molar-refractivity contribution in [2.45, 2.75) is 32.2 Å². The van der Waals surface area contributed by atoms with Crippen LogP contribution < -0.4 is 11.1 Å². The van der Waals surface area contributed by atoms with E-state index < -0.39 is 0 Å². The lowest BCUT2D eigenvalue weighted by Gasteiger charge is -2.38. The van der Waals surface area contributed by atoms with E-state index in [1.807, 2.05) is 0 Å². The van der Waals surface area contributed by atoms with Gasteiger partial charge in [-0.1, -0.05) is 19.1 Å². The molecule has 110 valence electrons. The molecule has 1 fully saturated rings. The number of nitrogens with zero attached hydrogens (tertiary/aromatic N) is 2. The number of nitrogens with two attached hydrogens (primary N) is 1. The number of carbonyl (C=O) groups is 1. The van der Waals surface area contributed by atoms with Crippen LogP contribution in [0.4, 0.5) is 0 Å². The van der Waals surface area contributed by atoms with Crippen molar-refractivity contribution in [1.29, 1.82) is 0 Å². The average Bonchev–Trinajstić information content (AvgIpc) is 2.40. The van der Waals surface area contributed by atoms with E-state index in [0.717, 1.165) is 45.6 Å². The Labute approximate surface area is 121 Å². The summed E-state index contributed by atoms with van der Waals surface area (Å²) in [6.07, 6.45) is 2.51. The van der Waals surface area contributed by atoms with E-state index in [2.05, 4.69) is 22.0 Å². The number of piperazine rings is 1. The summed E-state index contributed by atoms with van der Waals surface area (Å²) in [6, 6.07) is 0.239. The molecule has 19 heavy (non-hydrogen) atoms. The molecule has 6 heteroatoms. The molecule has 0 aromatic heterocycles. The fourth-order valence-electron chi connectivity index (χ4n) is 2.53. The van der Waals surface area contributed by atoms with Crippen LogP contribution in [0.2, 0.25) is 0 Å². The number of amides is 1. The van der Waals surface area contributed by atoms with Crippen molar-refractivity contribution in [2.75, 3.05) is 39.8 Å². The van der Waals surface area contributed by atoms with Crippen LogP contribution in [-0.4, -0.2) is 66.5 Å². The van der Waals surface area contributed by atoms with Crippen molar-refractivity contribution in [3.8, 4) is 0 Å². The topological polar surface area (TPSA) is 61.6 Å². The fourth-order valence-corrected chi connectivity index (χ4v) is 2.84. The minimum Gasteiger partial charge on any atom is -0.392 e. The summed E-state index contributed by atoms with van der Waals surface area (Å²) in [4.78, 5) is 16.5. The van der Waals surface area contributed by atoms with Gasteiger partial charge in [-0.2, -0.15) is 0 Å². The van der Waals surface area contributed by atoms with E-state index >= 15 is 0 Å². The van der Waals surface area contributed by atoms with Crippen molar-refractivity contribution in [3.63, 3.8) is 0 Å². The van der Waals surface area contributed by atoms with Gasteiger partial charge in [0.25, 0.3) is 0 Å². The summed E-state index contributed by atoms with van der Waals surface area (Å²) in [6.45, 7) is 7.20. The van der Waals surface area contributed by atoms with Gasteiger partial charge in [0.05, 0.1) is 11.0 Å². The number of rotatable bonds is 7. The van der Waals surface area contributed by atoms with Crippen LogP contribution in [0.1, 0.15) is 26.2 Å². The predicted octanol–water partition coefficient (Wildman–Crippen LogP) is 0.195. The van der Waals surface area contributed by atoms with Crippen molar-refractivity contribution in [2.24, 2.45) is 5.73 Å². The van der Waals surface area contributed by atoms with E-state index in [9.17, 15) is 4.79 Å². The van der Waals surface area contributed by atoms with E-state index in [-0.39, 0.29) is 11.9 Å². The zero-order chi connectivity index (χ0) is 14.3.